The van der Waals surface area contributed by atoms with Gasteiger partial charge in [0, 0.05) is 18.6 Å². The Balaban J connectivity index is 2.41. The van der Waals surface area contributed by atoms with Crippen molar-refractivity contribution < 1.29 is 4.39 Å². The van der Waals surface area contributed by atoms with Crippen LogP contribution in [0.1, 0.15) is 45.2 Å². The van der Waals surface area contributed by atoms with Gasteiger partial charge in [0.05, 0.1) is 5.69 Å². The number of rotatable bonds is 3. The summed E-state index contributed by atoms with van der Waals surface area (Å²) in [5.41, 5.74) is 1.85. The molecule has 1 aromatic carbocycles. The summed E-state index contributed by atoms with van der Waals surface area (Å²) in [5, 5.41) is 3.22. The molecule has 0 saturated carbocycles. The quantitative estimate of drug-likeness (QED) is 0.895. The predicted octanol–water partition coefficient (Wildman–Crippen LogP) is 3.73. The molecule has 0 aromatic heterocycles. The van der Waals surface area contributed by atoms with Gasteiger partial charge in [0.25, 0.3) is 0 Å². The summed E-state index contributed by atoms with van der Waals surface area (Å²) in [7, 11) is 1.92. The summed E-state index contributed by atoms with van der Waals surface area (Å²) in [6, 6.07) is 5.99. The number of halogens is 1. The molecule has 3 atom stereocenters. The molecule has 106 valence electrons. The van der Waals surface area contributed by atoms with Gasteiger partial charge in [-0.25, -0.2) is 4.39 Å². The first-order chi connectivity index (χ1) is 9.04. The maximum absolute atomic E-state index is 14.4. The number of nitrogens with one attached hydrogen (secondary N) is 1. The van der Waals surface area contributed by atoms with E-state index in [2.05, 4.69) is 31.0 Å². The smallest absolute Gasteiger partial charge is 0.146 e. The Kier molecular flexibility index (Phi) is 4.46. The van der Waals surface area contributed by atoms with Gasteiger partial charge < -0.3 is 10.2 Å². The summed E-state index contributed by atoms with van der Waals surface area (Å²) in [4.78, 5) is 2.26. The first-order valence-electron chi connectivity index (χ1n) is 7.27. The summed E-state index contributed by atoms with van der Waals surface area (Å²) in [6.07, 6.45) is 2.38. The van der Waals surface area contributed by atoms with Crippen LogP contribution in [0.4, 0.5) is 10.1 Å². The number of piperidine rings is 1. The monoisotopic (exact) mass is 264 g/mol. The van der Waals surface area contributed by atoms with Crippen LogP contribution in [0.15, 0.2) is 18.2 Å². The van der Waals surface area contributed by atoms with Crippen LogP contribution in [0.3, 0.4) is 0 Å². The van der Waals surface area contributed by atoms with Crippen molar-refractivity contribution in [2.45, 2.75) is 45.7 Å². The molecule has 1 N–H and O–H groups in total. The number of nitrogens with zero attached hydrogens (tertiary/aromatic N) is 1. The van der Waals surface area contributed by atoms with E-state index >= 15 is 0 Å². The Morgan fingerprint density at radius 1 is 1.32 bits per heavy atom. The highest BCUT2D eigenvalue weighted by molar-refractivity contribution is 5.57. The van der Waals surface area contributed by atoms with E-state index < -0.39 is 0 Å². The molecule has 1 aliphatic heterocycles. The van der Waals surface area contributed by atoms with Crippen LogP contribution >= 0.6 is 0 Å². The number of benzene rings is 1. The minimum absolute atomic E-state index is 0.0967. The van der Waals surface area contributed by atoms with E-state index in [9.17, 15) is 4.39 Å². The lowest BCUT2D eigenvalue weighted by Gasteiger charge is -2.40. The minimum Gasteiger partial charge on any atom is -0.366 e. The molecule has 1 fully saturated rings. The van der Waals surface area contributed by atoms with Gasteiger partial charge in [0.1, 0.15) is 5.82 Å². The van der Waals surface area contributed by atoms with Gasteiger partial charge in [-0.2, -0.15) is 0 Å². The molecule has 0 bridgehead atoms. The number of hydrogen-bond acceptors (Lipinski definition) is 2. The molecule has 0 spiro atoms. The van der Waals surface area contributed by atoms with Crippen molar-refractivity contribution in [2.75, 3.05) is 18.5 Å². The topological polar surface area (TPSA) is 15.3 Å². The summed E-state index contributed by atoms with van der Waals surface area (Å²) in [6.45, 7) is 7.48. The fraction of sp³-hybridized carbons (Fsp3) is 0.625. The first-order valence-corrected chi connectivity index (χ1v) is 7.27. The third-order valence-electron chi connectivity index (χ3n) is 4.32. The highest BCUT2D eigenvalue weighted by Crippen LogP contribution is 2.34. The number of para-hydroxylation sites is 1. The number of hydrogen-bond donors (Lipinski definition) is 1. The van der Waals surface area contributed by atoms with Crippen molar-refractivity contribution in [3.63, 3.8) is 0 Å². The molecule has 1 saturated heterocycles. The van der Waals surface area contributed by atoms with Crippen LogP contribution in [0.5, 0.6) is 0 Å². The minimum atomic E-state index is -0.0967. The van der Waals surface area contributed by atoms with Crippen LogP contribution in [-0.2, 0) is 0 Å². The molecule has 19 heavy (non-hydrogen) atoms. The Morgan fingerprint density at radius 2 is 2.05 bits per heavy atom. The van der Waals surface area contributed by atoms with E-state index in [-0.39, 0.29) is 11.9 Å². The van der Waals surface area contributed by atoms with E-state index in [1.807, 2.05) is 13.1 Å². The highest BCUT2D eigenvalue weighted by Gasteiger charge is 2.27. The molecule has 1 heterocycles. The standard InChI is InChI=1S/C16H25FN2/c1-11-8-9-12(2)19(10-11)16-14(13(3)18-4)6-5-7-15(16)17/h5-7,11-13,18H,8-10H2,1-4H3. The average Bonchev–Trinajstić information content (AvgIpc) is 2.40. The summed E-state index contributed by atoms with van der Waals surface area (Å²) < 4.78 is 14.4. The molecule has 1 aliphatic rings. The van der Waals surface area contributed by atoms with Crippen LogP contribution < -0.4 is 10.2 Å². The van der Waals surface area contributed by atoms with Crippen LogP contribution in [0.2, 0.25) is 0 Å². The fourth-order valence-electron chi connectivity index (χ4n) is 2.94. The van der Waals surface area contributed by atoms with Crippen LogP contribution in [0.25, 0.3) is 0 Å². The lowest BCUT2D eigenvalue weighted by molar-refractivity contribution is 0.385. The van der Waals surface area contributed by atoms with Crippen molar-refractivity contribution in [1.29, 1.82) is 0 Å². The molecule has 0 radical (unpaired) electrons. The molecule has 0 amide bonds. The van der Waals surface area contributed by atoms with Gasteiger partial charge in [-0.15, -0.1) is 0 Å². The third kappa shape index (κ3) is 2.92. The SMILES string of the molecule is CNC(C)c1cccc(F)c1N1CC(C)CCC1C. The molecule has 1 aromatic rings. The second-order valence-electron chi connectivity index (χ2n) is 5.87. The third-order valence-corrected chi connectivity index (χ3v) is 4.32. The van der Waals surface area contributed by atoms with Crippen molar-refractivity contribution >= 4 is 5.69 Å². The molecular weight excluding hydrogens is 239 g/mol. The molecule has 2 nitrogen and oxygen atoms in total. The highest BCUT2D eigenvalue weighted by atomic mass is 19.1. The molecule has 2 rings (SSSR count). The van der Waals surface area contributed by atoms with Gasteiger partial charge in [-0.3, -0.25) is 0 Å². The molecule has 3 heteroatoms. The van der Waals surface area contributed by atoms with Crippen LogP contribution in [-0.4, -0.2) is 19.6 Å². The fourth-order valence-corrected chi connectivity index (χ4v) is 2.94. The Hall–Kier alpha value is -1.09. The molecule has 3 unspecified atom stereocenters. The zero-order valence-electron chi connectivity index (χ0n) is 12.4. The van der Waals surface area contributed by atoms with E-state index in [4.69, 9.17) is 0 Å². The van der Waals surface area contributed by atoms with E-state index in [1.165, 1.54) is 6.42 Å². The Bertz CT molecular complexity index is 433. The lowest BCUT2D eigenvalue weighted by atomic mass is 9.93. The van der Waals surface area contributed by atoms with Crippen molar-refractivity contribution in [1.82, 2.24) is 5.32 Å². The predicted molar refractivity (Wildman–Crippen MR) is 79.1 cm³/mol. The lowest BCUT2D eigenvalue weighted by Crippen LogP contribution is -2.42. The van der Waals surface area contributed by atoms with Gasteiger partial charge in [-0.1, -0.05) is 19.1 Å². The van der Waals surface area contributed by atoms with Crippen LogP contribution in [0, 0.1) is 11.7 Å². The number of anilines is 1. The summed E-state index contributed by atoms with van der Waals surface area (Å²) >= 11 is 0. The maximum atomic E-state index is 14.4. The van der Waals surface area contributed by atoms with E-state index in [1.54, 1.807) is 12.1 Å². The average molecular weight is 264 g/mol. The molecule has 0 aliphatic carbocycles. The van der Waals surface area contributed by atoms with Crippen molar-refractivity contribution in [3.8, 4) is 0 Å². The van der Waals surface area contributed by atoms with Gasteiger partial charge in [-0.05, 0) is 51.3 Å². The second-order valence-corrected chi connectivity index (χ2v) is 5.87. The normalized spacial score (nSPS) is 25.4. The maximum Gasteiger partial charge on any atom is 0.146 e. The zero-order chi connectivity index (χ0) is 14.0. The van der Waals surface area contributed by atoms with Gasteiger partial charge >= 0.3 is 0 Å². The van der Waals surface area contributed by atoms with Gasteiger partial charge in [0.15, 0.2) is 0 Å². The second kappa shape index (κ2) is 5.91. The first kappa shape index (κ1) is 14.3. The largest absolute Gasteiger partial charge is 0.366 e. The summed E-state index contributed by atoms with van der Waals surface area (Å²) in [5.74, 6) is 0.536. The zero-order valence-corrected chi connectivity index (χ0v) is 12.4. The van der Waals surface area contributed by atoms with E-state index in [0.29, 0.717) is 12.0 Å². The Morgan fingerprint density at radius 3 is 2.74 bits per heavy atom. The Labute approximate surface area is 116 Å². The van der Waals surface area contributed by atoms with Gasteiger partial charge in [0.2, 0.25) is 0 Å². The van der Waals surface area contributed by atoms with Crippen molar-refractivity contribution in [2.24, 2.45) is 5.92 Å². The molecular formula is C16H25FN2. The van der Waals surface area contributed by atoms with E-state index in [0.717, 1.165) is 24.2 Å². The van der Waals surface area contributed by atoms with Crippen molar-refractivity contribution in [3.05, 3.63) is 29.6 Å².